The molecule has 2 rings (SSSR count). The molecule has 106 valence electrons. The minimum atomic E-state index is -3.56. The van der Waals surface area contributed by atoms with E-state index in [9.17, 15) is 8.42 Å². The molecule has 0 unspecified atom stereocenters. The average molecular weight is 311 g/mol. The minimum absolute atomic E-state index is 0.162. The Morgan fingerprint density at radius 3 is 2.50 bits per heavy atom. The van der Waals surface area contributed by atoms with Crippen LogP contribution in [0.3, 0.4) is 0 Å². The normalized spacial score (nSPS) is 11.8. The van der Waals surface area contributed by atoms with Crippen LogP contribution in [-0.4, -0.2) is 24.3 Å². The summed E-state index contributed by atoms with van der Waals surface area (Å²) in [5, 5.41) is 0.168. The first-order valence-electron chi connectivity index (χ1n) is 6.19. The van der Waals surface area contributed by atoms with Gasteiger partial charge in [0.05, 0.1) is 4.90 Å². The number of rotatable bonds is 5. The predicted molar refractivity (Wildman–Crippen MR) is 79.0 cm³/mol. The summed E-state index contributed by atoms with van der Waals surface area (Å²) in [6.45, 7) is 2.53. The fourth-order valence-electron chi connectivity index (χ4n) is 1.85. The Balaban J connectivity index is 2.31. The summed E-state index contributed by atoms with van der Waals surface area (Å²) in [4.78, 5) is 3.97. The second-order valence-electron chi connectivity index (χ2n) is 4.23. The van der Waals surface area contributed by atoms with Crippen LogP contribution in [0.1, 0.15) is 12.5 Å². The maximum Gasteiger partial charge on any atom is 0.243 e. The molecule has 4 nitrogen and oxygen atoms in total. The fourth-order valence-corrected chi connectivity index (χ4v) is 3.54. The summed E-state index contributed by atoms with van der Waals surface area (Å²) >= 11 is 5.76. The molecule has 20 heavy (non-hydrogen) atoms. The van der Waals surface area contributed by atoms with Crippen molar-refractivity contribution in [3.05, 3.63) is 59.4 Å². The van der Waals surface area contributed by atoms with Gasteiger partial charge in [-0.15, -0.1) is 0 Å². The van der Waals surface area contributed by atoms with E-state index in [0.29, 0.717) is 13.1 Å². The number of hydrogen-bond donors (Lipinski definition) is 0. The predicted octanol–water partition coefficient (Wildman–Crippen LogP) is 2.95. The smallest absolute Gasteiger partial charge is 0.243 e. The lowest BCUT2D eigenvalue weighted by atomic mass is 10.2. The Morgan fingerprint density at radius 1 is 1.20 bits per heavy atom. The van der Waals surface area contributed by atoms with Gasteiger partial charge in [-0.05, 0) is 17.7 Å². The highest BCUT2D eigenvalue weighted by atomic mass is 35.5. The Kier molecular flexibility index (Phi) is 4.75. The zero-order valence-electron chi connectivity index (χ0n) is 11.0. The monoisotopic (exact) mass is 310 g/mol. The van der Waals surface area contributed by atoms with E-state index in [1.807, 2.05) is 37.3 Å². The second kappa shape index (κ2) is 6.35. The van der Waals surface area contributed by atoms with Crippen LogP contribution < -0.4 is 0 Å². The van der Waals surface area contributed by atoms with Gasteiger partial charge in [0.15, 0.2) is 0 Å². The third kappa shape index (κ3) is 3.36. The molecule has 0 saturated heterocycles. The van der Waals surface area contributed by atoms with Crippen molar-refractivity contribution >= 4 is 21.6 Å². The van der Waals surface area contributed by atoms with Crippen LogP contribution in [0.4, 0.5) is 0 Å². The van der Waals surface area contributed by atoms with Gasteiger partial charge in [-0.25, -0.2) is 13.4 Å². The van der Waals surface area contributed by atoms with Gasteiger partial charge < -0.3 is 0 Å². The van der Waals surface area contributed by atoms with Crippen molar-refractivity contribution in [1.82, 2.24) is 9.29 Å². The standard InChI is InChI=1S/C14H15ClN2O2S/c1-2-17(11-12-6-4-3-5-7-12)20(18,19)13-8-9-16-14(15)10-13/h3-10H,2,11H2,1H3. The van der Waals surface area contributed by atoms with Crippen LogP contribution in [0.2, 0.25) is 5.15 Å². The quantitative estimate of drug-likeness (QED) is 0.798. The van der Waals surface area contributed by atoms with E-state index in [1.54, 1.807) is 0 Å². The van der Waals surface area contributed by atoms with E-state index < -0.39 is 10.0 Å². The van der Waals surface area contributed by atoms with Gasteiger partial charge in [-0.1, -0.05) is 48.9 Å². The molecule has 0 fully saturated rings. The van der Waals surface area contributed by atoms with Crippen molar-refractivity contribution in [2.75, 3.05) is 6.54 Å². The van der Waals surface area contributed by atoms with Crippen molar-refractivity contribution in [2.24, 2.45) is 0 Å². The van der Waals surface area contributed by atoms with Gasteiger partial charge in [0, 0.05) is 19.3 Å². The van der Waals surface area contributed by atoms with Crippen molar-refractivity contribution in [3.8, 4) is 0 Å². The van der Waals surface area contributed by atoms with E-state index in [2.05, 4.69) is 4.98 Å². The topological polar surface area (TPSA) is 50.3 Å². The highest BCUT2D eigenvalue weighted by Crippen LogP contribution is 2.19. The molecule has 1 heterocycles. The molecular formula is C14H15ClN2O2S. The van der Waals surface area contributed by atoms with E-state index in [-0.39, 0.29) is 10.0 Å². The summed E-state index contributed by atoms with van der Waals surface area (Å²) in [5.41, 5.74) is 0.943. The molecule has 0 amide bonds. The van der Waals surface area contributed by atoms with Gasteiger partial charge >= 0.3 is 0 Å². The Hall–Kier alpha value is -1.43. The van der Waals surface area contributed by atoms with Gasteiger partial charge in [-0.2, -0.15) is 4.31 Å². The van der Waals surface area contributed by atoms with Crippen LogP contribution in [0.5, 0.6) is 0 Å². The molecule has 0 aliphatic carbocycles. The molecule has 0 saturated carbocycles. The molecule has 6 heteroatoms. The summed E-state index contributed by atoms with van der Waals surface area (Å²) in [7, 11) is -3.56. The number of sulfonamides is 1. The lowest BCUT2D eigenvalue weighted by Gasteiger charge is -2.20. The second-order valence-corrected chi connectivity index (χ2v) is 6.56. The molecular weight excluding hydrogens is 296 g/mol. The van der Waals surface area contributed by atoms with E-state index in [1.165, 1.54) is 22.6 Å². The molecule has 1 aromatic carbocycles. The van der Waals surface area contributed by atoms with Crippen LogP contribution in [0, 0.1) is 0 Å². The van der Waals surface area contributed by atoms with Crippen molar-refractivity contribution < 1.29 is 8.42 Å². The number of aromatic nitrogens is 1. The van der Waals surface area contributed by atoms with Crippen molar-refractivity contribution in [2.45, 2.75) is 18.4 Å². The van der Waals surface area contributed by atoms with E-state index in [0.717, 1.165) is 5.56 Å². The lowest BCUT2D eigenvalue weighted by molar-refractivity contribution is 0.423. The van der Waals surface area contributed by atoms with Crippen molar-refractivity contribution in [1.29, 1.82) is 0 Å². The lowest BCUT2D eigenvalue weighted by Crippen LogP contribution is -2.30. The third-order valence-corrected chi connectivity index (χ3v) is 5.01. The zero-order valence-corrected chi connectivity index (χ0v) is 12.6. The summed E-state index contributed by atoms with van der Waals surface area (Å²) in [6.07, 6.45) is 1.39. The number of nitrogens with zero attached hydrogens (tertiary/aromatic N) is 2. The number of halogens is 1. The maximum absolute atomic E-state index is 12.6. The van der Waals surface area contributed by atoms with Gasteiger partial charge in [0.25, 0.3) is 0 Å². The van der Waals surface area contributed by atoms with Crippen LogP contribution in [0.25, 0.3) is 0 Å². The molecule has 0 aliphatic rings. The van der Waals surface area contributed by atoms with Crippen LogP contribution >= 0.6 is 11.6 Å². The molecule has 0 radical (unpaired) electrons. The van der Waals surface area contributed by atoms with E-state index >= 15 is 0 Å². The molecule has 1 aromatic heterocycles. The summed E-state index contributed by atoms with van der Waals surface area (Å²) in [5.74, 6) is 0. The van der Waals surface area contributed by atoms with E-state index in [4.69, 9.17) is 11.6 Å². The van der Waals surface area contributed by atoms with Crippen molar-refractivity contribution in [3.63, 3.8) is 0 Å². The third-order valence-electron chi connectivity index (χ3n) is 2.89. The fraction of sp³-hybridized carbons (Fsp3) is 0.214. The SMILES string of the molecule is CCN(Cc1ccccc1)S(=O)(=O)c1ccnc(Cl)c1. The van der Waals surface area contributed by atoms with Gasteiger partial charge in [-0.3, -0.25) is 0 Å². The van der Waals surface area contributed by atoms with Crippen LogP contribution in [-0.2, 0) is 16.6 Å². The number of benzene rings is 1. The van der Waals surface area contributed by atoms with Gasteiger partial charge in [0.2, 0.25) is 10.0 Å². The summed E-state index contributed by atoms with van der Waals surface area (Å²) in [6, 6.07) is 12.3. The molecule has 0 N–H and O–H groups in total. The first-order chi connectivity index (χ1) is 9.54. The minimum Gasteiger partial charge on any atom is -0.244 e. The first-order valence-corrected chi connectivity index (χ1v) is 8.01. The first kappa shape index (κ1) is 15.0. The number of pyridine rings is 1. The highest BCUT2D eigenvalue weighted by Gasteiger charge is 2.23. The molecule has 0 aliphatic heterocycles. The summed E-state index contributed by atoms with van der Waals surface area (Å²) < 4.78 is 26.5. The largest absolute Gasteiger partial charge is 0.244 e. The molecule has 2 aromatic rings. The highest BCUT2D eigenvalue weighted by molar-refractivity contribution is 7.89. The molecule has 0 bridgehead atoms. The maximum atomic E-state index is 12.6. The average Bonchev–Trinajstić information content (AvgIpc) is 2.45. The Labute approximate surface area is 124 Å². The Bertz CT molecular complexity index is 675. The molecule has 0 atom stereocenters. The zero-order chi connectivity index (χ0) is 14.6. The molecule has 0 spiro atoms. The van der Waals surface area contributed by atoms with Gasteiger partial charge in [0.1, 0.15) is 5.15 Å². The van der Waals surface area contributed by atoms with Crippen LogP contribution in [0.15, 0.2) is 53.6 Å². The Morgan fingerprint density at radius 2 is 1.90 bits per heavy atom. The number of hydrogen-bond acceptors (Lipinski definition) is 3.